The molecule has 0 bridgehead atoms. The Bertz CT molecular complexity index is 1390. The molecule has 6 N–H and O–H groups in total. The van der Waals surface area contributed by atoms with Gasteiger partial charge in [0.25, 0.3) is 0 Å². The molecule has 8 nitrogen and oxygen atoms in total. The summed E-state index contributed by atoms with van der Waals surface area (Å²) < 4.78 is 16.3. The SMILES string of the molecule is Nc1nc2cc(CCC3=CC(n4ccc5c(N)ncnc54)C(O)C3O)cc(F)c2cc1Cl. The molecular formula is C22H20ClFN6O2. The van der Waals surface area contributed by atoms with Crippen molar-refractivity contribution in [2.75, 3.05) is 11.5 Å². The van der Waals surface area contributed by atoms with Crippen LogP contribution in [0.25, 0.3) is 21.9 Å². The summed E-state index contributed by atoms with van der Waals surface area (Å²) in [5.74, 6) is 0.0423. The Morgan fingerprint density at radius 1 is 1.06 bits per heavy atom. The van der Waals surface area contributed by atoms with Crippen LogP contribution in [0.1, 0.15) is 18.0 Å². The molecule has 164 valence electrons. The molecule has 3 unspecified atom stereocenters. The van der Waals surface area contributed by atoms with E-state index >= 15 is 0 Å². The van der Waals surface area contributed by atoms with E-state index in [1.165, 1.54) is 18.5 Å². The number of halogens is 2. The minimum absolute atomic E-state index is 0.138. The highest BCUT2D eigenvalue weighted by Gasteiger charge is 2.36. The van der Waals surface area contributed by atoms with E-state index < -0.39 is 24.1 Å². The van der Waals surface area contributed by atoms with Gasteiger partial charge in [0.2, 0.25) is 0 Å². The first-order valence-corrected chi connectivity index (χ1v) is 10.4. The van der Waals surface area contributed by atoms with E-state index in [0.717, 1.165) is 0 Å². The lowest BCUT2D eigenvalue weighted by Gasteiger charge is -2.19. The minimum atomic E-state index is -1.05. The molecule has 1 aliphatic carbocycles. The molecule has 0 fully saturated rings. The largest absolute Gasteiger partial charge is 0.388 e. The van der Waals surface area contributed by atoms with Crippen LogP contribution in [-0.2, 0) is 6.42 Å². The number of aliphatic hydroxyl groups excluding tert-OH is 2. The molecule has 10 heteroatoms. The van der Waals surface area contributed by atoms with Crippen molar-refractivity contribution in [1.82, 2.24) is 19.5 Å². The van der Waals surface area contributed by atoms with E-state index in [9.17, 15) is 14.6 Å². The van der Waals surface area contributed by atoms with Gasteiger partial charge in [0, 0.05) is 11.6 Å². The minimum Gasteiger partial charge on any atom is -0.388 e. The Morgan fingerprint density at radius 2 is 1.88 bits per heavy atom. The molecular weight excluding hydrogens is 435 g/mol. The zero-order valence-electron chi connectivity index (χ0n) is 16.8. The van der Waals surface area contributed by atoms with Gasteiger partial charge in [0.05, 0.1) is 22.0 Å². The average Bonchev–Trinajstić information content (AvgIpc) is 3.31. The number of nitrogens with two attached hydrogens (primary N) is 2. The van der Waals surface area contributed by atoms with Gasteiger partial charge in [-0.15, -0.1) is 0 Å². The second kappa shape index (κ2) is 7.70. The van der Waals surface area contributed by atoms with Gasteiger partial charge in [-0.2, -0.15) is 0 Å². The standard InChI is InChI=1S/C22H20ClFN6O2/c23-14-8-13-15(24)5-10(6-16(13)29-21(14)26)1-2-11-7-17(19(32)18(11)31)30-4-3-12-20(25)27-9-28-22(12)30/h3-9,17-19,31-32H,1-2H2,(H2,26,29)(H2,25,27,28). The number of nitrogens with zero attached hydrogens (tertiary/aromatic N) is 4. The first-order valence-electron chi connectivity index (χ1n) is 10.0. The molecule has 1 aromatic carbocycles. The lowest BCUT2D eigenvalue weighted by atomic mass is 10.0. The molecule has 3 aromatic heterocycles. The molecule has 0 aliphatic heterocycles. The monoisotopic (exact) mass is 454 g/mol. The quantitative estimate of drug-likeness (QED) is 0.348. The number of aromatic nitrogens is 4. The Kier molecular flexibility index (Phi) is 4.96. The normalized spacial score (nSPS) is 20.9. The Labute approximate surface area is 187 Å². The lowest BCUT2D eigenvalue weighted by molar-refractivity contribution is 0.0317. The van der Waals surface area contributed by atoms with Gasteiger partial charge in [-0.1, -0.05) is 17.7 Å². The van der Waals surface area contributed by atoms with Crippen molar-refractivity contribution in [3.8, 4) is 0 Å². The van der Waals surface area contributed by atoms with Gasteiger partial charge in [0.15, 0.2) is 0 Å². The third-order valence-electron chi connectivity index (χ3n) is 5.93. The van der Waals surface area contributed by atoms with E-state index in [2.05, 4.69) is 15.0 Å². The molecule has 3 heterocycles. The lowest BCUT2D eigenvalue weighted by Crippen LogP contribution is -2.29. The van der Waals surface area contributed by atoms with Crippen LogP contribution < -0.4 is 11.5 Å². The van der Waals surface area contributed by atoms with Gasteiger partial charge >= 0.3 is 0 Å². The van der Waals surface area contributed by atoms with Crippen LogP contribution >= 0.6 is 11.6 Å². The predicted octanol–water partition coefficient (Wildman–Crippen LogP) is 2.77. The molecule has 3 atom stereocenters. The number of pyridine rings is 1. The van der Waals surface area contributed by atoms with E-state index in [4.69, 9.17) is 23.1 Å². The Balaban J connectivity index is 1.42. The molecule has 4 aromatic rings. The van der Waals surface area contributed by atoms with Gasteiger partial charge in [0.1, 0.15) is 41.6 Å². The van der Waals surface area contributed by atoms with Crippen LogP contribution in [0.15, 0.2) is 48.4 Å². The van der Waals surface area contributed by atoms with Crippen molar-refractivity contribution in [2.24, 2.45) is 0 Å². The highest BCUT2D eigenvalue weighted by molar-refractivity contribution is 6.33. The summed E-state index contributed by atoms with van der Waals surface area (Å²) in [5, 5.41) is 22.5. The molecule has 32 heavy (non-hydrogen) atoms. The zero-order valence-corrected chi connectivity index (χ0v) is 17.5. The third-order valence-corrected chi connectivity index (χ3v) is 6.23. The van der Waals surface area contributed by atoms with Crippen molar-refractivity contribution in [3.63, 3.8) is 0 Å². The summed E-state index contributed by atoms with van der Waals surface area (Å²) in [7, 11) is 0. The smallest absolute Gasteiger partial charge is 0.146 e. The van der Waals surface area contributed by atoms with Crippen LogP contribution in [0.4, 0.5) is 16.0 Å². The number of nitrogen functional groups attached to an aromatic ring is 2. The molecule has 0 spiro atoms. The molecule has 1 aliphatic rings. The van der Waals surface area contributed by atoms with Crippen molar-refractivity contribution in [3.05, 3.63) is 64.8 Å². The number of aryl methyl sites for hydroxylation is 1. The fourth-order valence-corrected chi connectivity index (χ4v) is 4.39. The van der Waals surface area contributed by atoms with Crippen molar-refractivity contribution < 1.29 is 14.6 Å². The van der Waals surface area contributed by atoms with Gasteiger partial charge < -0.3 is 26.2 Å². The fraction of sp³-hybridized carbons (Fsp3) is 0.227. The maximum absolute atomic E-state index is 14.6. The van der Waals surface area contributed by atoms with E-state index in [1.54, 1.807) is 22.9 Å². The number of fused-ring (bicyclic) bond motifs is 2. The van der Waals surface area contributed by atoms with Gasteiger partial charge in [-0.3, -0.25) is 0 Å². The van der Waals surface area contributed by atoms with Crippen molar-refractivity contribution in [1.29, 1.82) is 0 Å². The van der Waals surface area contributed by atoms with Crippen molar-refractivity contribution >= 4 is 45.2 Å². The second-order valence-electron chi connectivity index (χ2n) is 7.89. The summed E-state index contributed by atoms with van der Waals surface area (Å²) in [6.07, 6.45) is 3.72. The number of rotatable bonds is 4. The molecule has 0 radical (unpaired) electrons. The maximum atomic E-state index is 14.6. The number of hydrogen-bond donors (Lipinski definition) is 4. The molecule has 0 saturated heterocycles. The molecule has 5 rings (SSSR count). The number of anilines is 2. The topological polar surface area (TPSA) is 136 Å². The van der Waals surface area contributed by atoms with Crippen LogP contribution in [0.2, 0.25) is 5.02 Å². The van der Waals surface area contributed by atoms with E-state index in [0.29, 0.717) is 51.7 Å². The first kappa shape index (κ1) is 20.6. The Morgan fingerprint density at radius 3 is 2.69 bits per heavy atom. The van der Waals surface area contributed by atoms with Crippen LogP contribution in [-0.4, -0.2) is 41.9 Å². The van der Waals surface area contributed by atoms with E-state index in [1.807, 2.05) is 6.08 Å². The summed E-state index contributed by atoms with van der Waals surface area (Å²) in [6.45, 7) is 0. The van der Waals surface area contributed by atoms with Crippen LogP contribution in [0.3, 0.4) is 0 Å². The molecule has 0 amide bonds. The summed E-state index contributed by atoms with van der Waals surface area (Å²) in [6, 6.07) is 5.90. The fourth-order valence-electron chi connectivity index (χ4n) is 4.24. The second-order valence-corrected chi connectivity index (χ2v) is 8.29. The highest BCUT2D eigenvalue weighted by Crippen LogP contribution is 2.35. The maximum Gasteiger partial charge on any atom is 0.146 e. The van der Waals surface area contributed by atoms with Crippen LogP contribution in [0.5, 0.6) is 0 Å². The average molecular weight is 455 g/mol. The zero-order chi connectivity index (χ0) is 22.6. The van der Waals surface area contributed by atoms with Gasteiger partial charge in [-0.05, 0) is 48.2 Å². The number of hydrogen-bond acceptors (Lipinski definition) is 7. The molecule has 0 saturated carbocycles. The van der Waals surface area contributed by atoms with Crippen molar-refractivity contribution in [2.45, 2.75) is 31.1 Å². The highest BCUT2D eigenvalue weighted by atomic mass is 35.5. The van der Waals surface area contributed by atoms with Gasteiger partial charge in [-0.25, -0.2) is 19.3 Å². The summed E-state index contributed by atoms with van der Waals surface area (Å²) in [5.41, 5.74) is 14.0. The van der Waals surface area contributed by atoms with E-state index in [-0.39, 0.29) is 10.8 Å². The first-order chi connectivity index (χ1) is 15.3. The van der Waals surface area contributed by atoms with Crippen LogP contribution in [0, 0.1) is 5.82 Å². The Hall–Kier alpha value is -3.27. The number of benzene rings is 1. The third kappa shape index (κ3) is 3.35. The summed E-state index contributed by atoms with van der Waals surface area (Å²) in [4.78, 5) is 12.4. The number of aliphatic hydroxyl groups is 2. The summed E-state index contributed by atoms with van der Waals surface area (Å²) >= 11 is 5.95. The predicted molar refractivity (Wildman–Crippen MR) is 121 cm³/mol.